The lowest BCUT2D eigenvalue weighted by molar-refractivity contribution is 0.411. The summed E-state index contributed by atoms with van der Waals surface area (Å²) in [4.78, 5) is 26.9. The Morgan fingerprint density at radius 2 is 2.12 bits per heavy atom. The summed E-state index contributed by atoms with van der Waals surface area (Å²) in [7, 11) is 0. The highest BCUT2D eigenvalue weighted by atomic mass is 19.1. The molecule has 4 heterocycles. The number of oxazole rings is 1. The topological polar surface area (TPSA) is 103 Å². The van der Waals surface area contributed by atoms with E-state index in [-0.39, 0.29) is 17.6 Å². The molecule has 1 aliphatic heterocycles. The first-order valence-electron chi connectivity index (χ1n) is 11.8. The van der Waals surface area contributed by atoms with E-state index in [0.29, 0.717) is 22.7 Å². The Morgan fingerprint density at radius 1 is 1.24 bits per heavy atom. The molecular formula is C24H24FN7O2. The molecule has 174 valence electrons. The maximum atomic E-state index is 13.6. The Balaban J connectivity index is 1.31. The first-order chi connectivity index (χ1) is 16.6. The number of rotatable bonds is 6. The molecule has 0 unspecified atom stereocenters. The highest BCUT2D eigenvalue weighted by Gasteiger charge is 2.47. The summed E-state index contributed by atoms with van der Waals surface area (Å²) < 4.78 is 22.7. The van der Waals surface area contributed by atoms with Crippen LogP contribution >= 0.6 is 0 Å². The summed E-state index contributed by atoms with van der Waals surface area (Å²) in [6.07, 6.45) is 7.39. The smallest absolute Gasteiger partial charge is 0.323 e. The Hall–Kier alpha value is -3.53. The van der Waals surface area contributed by atoms with Crippen LogP contribution in [-0.4, -0.2) is 37.5 Å². The largest absolute Gasteiger partial charge is 0.430 e. The minimum absolute atomic E-state index is 0.0673. The van der Waals surface area contributed by atoms with Crippen LogP contribution in [0.3, 0.4) is 0 Å². The van der Waals surface area contributed by atoms with Gasteiger partial charge in [0.15, 0.2) is 5.65 Å². The number of nitrogens with one attached hydrogen (secondary N) is 2. The average Bonchev–Trinajstić information content (AvgIpc) is 3.79. The molecule has 4 aromatic rings. The maximum Gasteiger partial charge on any atom is 0.323 e. The Labute approximate surface area is 194 Å². The van der Waals surface area contributed by atoms with Crippen LogP contribution < -0.4 is 16.2 Å². The number of halogens is 1. The lowest BCUT2D eigenvalue weighted by atomic mass is 10.0. The summed E-state index contributed by atoms with van der Waals surface area (Å²) >= 11 is 0. The minimum Gasteiger partial charge on any atom is -0.430 e. The summed E-state index contributed by atoms with van der Waals surface area (Å²) in [5.74, 6) is 0.382. The van der Waals surface area contributed by atoms with Crippen LogP contribution in [-0.2, 0) is 18.4 Å². The predicted molar refractivity (Wildman–Crippen MR) is 123 cm³/mol. The second kappa shape index (κ2) is 7.23. The van der Waals surface area contributed by atoms with Crippen molar-refractivity contribution in [1.29, 1.82) is 0 Å². The van der Waals surface area contributed by atoms with E-state index in [0.717, 1.165) is 50.9 Å². The minimum atomic E-state index is -0.543. The molecule has 0 saturated heterocycles. The molecule has 1 aromatic carbocycles. The molecule has 0 spiro atoms. The van der Waals surface area contributed by atoms with Crippen molar-refractivity contribution in [1.82, 2.24) is 29.6 Å². The van der Waals surface area contributed by atoms with Crippen molar-refractivity contribution in [3.05, 3.63) is 57.8 Å². The second-order valence-corrected chi connectivity index (χ2v) is 9.59. The molecule has 2 saturated carbocycles. The Bertz CT molecular complexity index is 1480. The van der Waals surface area contributed by atoms with E-state index in [9.17, 15) is 9.18 Å². The van der Waals surface area contributed by atoms with Crippen LogP contribution in [0.25, 0.3) is 17.0 Å². The molecule has 7 rings (SSSR count). The fourth-order valence-electron chi connectivity index (χ4n) is 4.79. The lowest BCUT2D eigenvalue weighted by Gasteiger charge is -2.18. The number of nitrogens with zero attached hydrogens (tertiary/aromatic N) is 5. The lowest BCUT2D eigenvalue weighted by Crippen LogP contribution is -2.23. The molecule has 0 radical (unpaired) electrons. The van der Waals surface area contributed by atoms with Crippen LogP contribution in [0.4, 0.5) is 16.0 Å². The van der Waals surface area contributed by atoms with Crippen LogP contribution in [0.1, 0.15) is 48.5 Å². The highest BCUT2D eigenvalue weighted by Crippen LogP contribution is 2.48. The molecule has 9 nitrogen and oxygen atoms in total. The third kappa shape index (κ3) is 3.08. The van der Waals surface area contributed by atoms with Gasteiger partial charge in [0, 0.05) is 23.8 Å². The number of hydrogen-bond donors (Lipinski definition) is 2. The van der Waals surface area contributed by atoms with Gasteiger partial charge < -0.3 is 15.1 Å². The van der Waals surface area contributed by atoms with Gasteiger partial charge in [-0.3, -0.25) is 9.18 Å². The van der Waals surface area contributed by atoms with E-state index in [1.807, 2.05) is 6.07 Å². The highest BCUT2D eigenvalue weighted by molar-refractivity contribution is 5.76. The zero-order valence-corrected chi connectivity index (χ0v) is 18.6. The SMILES string of the molecule is O=c1c2cnc(Nc3ccc4c(c3)CNCC4)nc2n(-c2nc(C3(CF)CC3)co2)n1C1CC1. The molecule has 3 aliphatic rings. The summed E-state index contributed by atoms with van der Waals surface area (Å²) in [6, 6.07) is 6.55. The zero-order chi connectivity index (χ0) is 22.9. The van der Waals surface area contributed by atoms with Gasteiger partial charge in [-0.05, 0) is 61.9 Å². The normalized spacial score (nSPS) is 18.7. The van der Waals surface area contributed by atoms with Gasteiger partial charge in [0.05, 0.1) is 11.7 Å². The van der Waals surface area contributed by atoms with Gasteiger partial charge in [-0.2, -0.15) is 14.6 Å². The quantitative estimate of drug-likeness (QED) is 0.454. The number of hydrogen-bond acceptors (Lipinski definition) is 7. The fourth-order valence-corrected chi connectivity index (χ4v) is 4.79. The number of alkyl halides is 1. The van der Waals surface area contributed by atoms with E-state index in [1.165, 1.54) is 17.4 Å². The van der Waals surface area contributed by atoms with Crippen molar-refractivity contribution < 1.29 is 8.81 Å². The molecule has 2 fully saturated rings. The van der Waals surface area contributed by atoms with E-state index in [1.54, 1.807) is 15.6 Å². The van der Waals surface area contributed by atoms with Crippen molar-refractivity contribution in [2.24, 2.45) is 0 Å². The number of anilines is 2. The molecule has 0 atom stereocenters. The molecule has 2 N–H and O–H groups in total. The number of fused-ring (bicyclic) bond motifs is 2. The average molecular weight is 462 g/mol. The Morgan fingerprint density at radius 3 is 2.91 bits per heavy atom. The van der Waals surface area contributed by atoms with Gasteiger partial charge in [-0.1, -0.05) is 6.07 Å². The zero-order valence-electron chi connectivity index (χ0n) is 18.6. The van der Waals surface area contributed by atoms with Crippen molar-refractivity contribution in [2.45, 2.75) is 50.1 Å². The molecular weight excluding hydrogens is 437 g/mol. The van der Waals surface area contributed by atoms with Crippen LogP contribution in [0.2, 0.25) is 0 Å². The molecule has 0 amide bonds. The van der Waals surface area contributed by atoms with Gasteiger partial charge in [-0.15, -0.1) is 0 Å². The monoisotopic (exact) mass is 461 g/mol. The maximum absolute atomic E-state index is 13.6. The van der Waals surface area contributed by atoms with Gasteiger partial charge >= 0.3 is 6.01 Å². The second-order valence-electron chi connectivity index (χ2n) is 9.59. The standard InChI is InChI=1S/C24H24FN7O2/c25-13-24(6-7-24)19-12-34-23(29-19)32-20-18(21(33)31(32)17-3-4-17)11-27-22(30-20)28-16-2-1-14-5-8-26-10-15(14)9-16/h1-2,9,11-12,17,26H,3-8,10,13H2,(H,27,28,30). The van der Waals surface area contributed by atoms with Gasteiger partial charge in [0.2, 0.25) is 5.95 Å². The number of aromatic nitrogens is 5. The van der Waals surface area contributed by atoms with Crippen molar-refractivity contribution in [3.63, 3.8) is 0 Å². The third-order valence-electron chi connectivity index (χ3n) is 7.19. The molecule has 34 heavy (non-hydrogen) atoms. The molecule has 10 heteroatoms. The first-order valence-corrected chi connectivity index (χ1v) is 11.8. The summed E-state index contributed by atoms with van der Waals surface area (Å²) in [5.41, 5.74) is 3.79. The van der Waals surface area contributed by atoms with E-state index in [4.69, 9.17) is 4.42 Å². The van der Waals surface area contributed by atoms with Gasteiger partial charge in [0.25, 0.3) is 5.56 Å². The molecule has 2 aliphatic carbocycles. The van der Waals surface area contributed by atoms with Gasteiger partial charge in [-0.25, -0.2) is 9.67 Å². The van der Waals surface area contributed by atoms with E-state index in [2.05, 4.69) is 37.7 Å². The number of benzene rings is 1. The summed E-state index contributed by atoms with van der Waals surface area (Å²) in [5, 5.41) is 7.06. The van der Waals surface area contributed by atoms with Gasteiger partial charge in [0.1, 0.15) is 18.3 Å². The van der Waals surface area contributed by atoms with Crippen molar-refractivity contribution in [2.75, 3.05) is 18.5 Å². The fraction of sp³-hybridized carbons (Fsp3) is 0.417. The van der Waals surface area contributed by atoms with Crippen LogP contribution in [0.15, 0.2) is 39.9 Å². The first kappa shape index (κ1) is 19.9. The predicted octanol–water partition coefficient (Wildman–Crippen LogP) is 3.30. The molecule has 3 aromatic heterocycles. The van der Waals surface area contributed by atoms with E-state index < -0.39 is 12.1 Å². The van der Waals surface area contributed by atoms with Crippen molar-refractivity contribution in [3.8, 4) is 6.01 Å². The van der Waals surface area contributed by atoms with E-state index >= 15 is 0 Å². The van der Waals surface area contributed by atoms with Crippen LogP contribution in [0.5, 0.6) is 0 Å². The summed E-state index contributed by atoms with van der Waals surface area (Å²) in [6.45, 7) is 1.36. The Kier molecular flexibility index (Phi) is 4.23. The van der Waals surface area contributed by atoms with Crippen LogP contribution in [0, 0.1) is 0 Å². The third-order valence-corrected chi connectivity index (χ3v) is 7.19. The molecule has 0 bridgehead atoms. The van der Waals surface area contributed by atoms with Crippen molar-refractivity contribution >= 4 is 22.7 Å².